The summed E-state index contributed by atoms with van der Waals surface area (Å²) >= 11 is 0. The molecule has 1 heterocycles. The first-order chi connectivity index (χ1) is 15.4. The summed E-state index contributed by atoms with van der Waals surface area (Å²) in [6.45, 7) is 6.50. The van der Waals surface area contributed by atoms with Gasteiger partial charge in [-0.25, -0.2) is 4.79 Å². The van der Waals surface area contributed by atoms with E-state index in [2.05, 4.69) is 32.0 Å². The molecule has 32 heavy (non-hydrogen) atoms. The number of methoxy groups -OCH3 is 2. The standard InChI is InChI=1S/C27H26O5/c1-16-6-7-17(2)20(12-16)15-31-21-9-10-22-18(3)26(27(28)32-24(22)14-21)19-8-11-23(29-4)25(13-19)30-5/h6-14H,15H2,1-5H3. The maximum Gasteiger partial charge on any atom is 0.344 e. The van der Waals surface area contributed by atoms with Gasteiger partial charge in [0.05, 0.1) is 19.8 Å². The minimum Gasteiger partial charge on any atom is -0.493 e. The lowest BCUT2D eigenvalue weighted by atomic mass is 9.99. The number of fused-ring (bicyclic) bond motifs is 1. The Hall–Kier alpha value is -3.73. The van der Waals surface area contributed by atoms with E-state index in [1.54, 1.807) is 32.4 Å². The van der Waals surface area contributed by atoms with Crippen LogP contribution in [-0.2, 0) is 6.61 Å². The smallest absolute Gasteiger partial charge is 0.344 e. The van der Waals surface area contributed by atoms with E-state index in [1.807, 2.05) is 25.1 Å². The normalized spacial score (nSPS) is 10.9. The Labute approximate surface area is 187 Å². The Morgan fingerprint density at radius 3 is 2.38 bits per heavy atom. The molecule has 0 aliphatic carbocycles. The molecule has 0 aliphatic heterocycles. The predicted molar refractivity (Wildman–Crippen MR) is 126 cm³/mol. The zero-order valence-corrected chi connectivity index (χ0v) is 18.9. The van der Waals surface area contributed by atoms with Crippen LogP contribution in [0.25, 0.3) is 22.1 Å². The Kier molecular flexibility index (Phi) is 5.91. The average Bonchev–Trinajstić information content (AvgIpc) is 2.79. The summed E-state index contributed by atoms with van der Waals surface area (Å²) in [4.78, 5) is 12.9. The monoisotopic (exact) mass is 430 g/mol. The van der Waals surface area contributed by atoms with E-state index in [1.165, 1.54) is 11.1 Å². The SMILES string of the molecule is COc1ccc(-c2c(C)c3ccc(OCc4cc(C)ccc4C)cc3oc2=O)cc1OC. The van der Waals surface area contributed by atoms with Crippen LogP contribution < -0.4 is 19.8 Å². The van der Waals surface area contributed by atoms with Gasteiger partial charge in [0.2, 0.25) is 0 Å². The second-order valence-electron chi connectivity index (χ2n) is 7.84. The molecule has 0 N–H and O–H groups in total. The molecule has 5 nitrogen and oxygen atoms in total. The lowest BCUT2D eigenvalue weighted by Gasteiger charge is -2.13. The molecule has 0 fully saturated rings. The Bertz CT molecular complexity index is 1350. The van der Waals surface area contributed by atoms with E-state index in [0.29, 0.717) is 40.6 Å². The van der Waals surface area contributed by atoms with Crippen molar-refractivity contribution in [1.29, 1.82) is 0 Å². The van der Waals surface area contributed by atoms with Crippen molar-refractivity contribution < 1.29 is 18.6 Å². The summed E-state index contributed by atoms with van der Waals surface area (Å²) in [5, 5.41) is 0.855. The summed E-state index contributed by atoms with van der Waals surface area (Å²) in [6, 6.07) is 17.3. The second kappa shape index (κ2) is 8.79. The lowest BCUT2D eigenvalue weighted by Crippen LogP contribution is -2.06. The molecule has 4 rings (SSSR count). The maximum absolute atomic E-state index is 12.9. The highest BCUT2D eigenvalue weighted by molar-refractivity contribution is 5.87. The molecule has 3 aromatic carbocycles. The van der Waals surface area contributed by atoms with Crippen LogP contribution in [0, 0.1) is 20.8 Å². The number of aryl methyl sites for hydroxylation is 3. The molecule has 5 heteroatoms. The summed E-state index contributed by atoms with van der Waals surface area (Å²) in [5.41, 5.74) is 5.64. The van der Waals surface area contributed by atoms with Crippen LogP contribution in [0.4, 0.5) is 0 Å². The van der Waals surface area contributed by atoms with Crippen molar-refractivity contribution in [3.8, 4) is 28.4 Å². The van der Waals surface area contributed by atoms with Gasteiger partial charge in [-0.15, -0.1) is 0 Å². The molecule has 0 saturated carbocycles. The molecular formula is C27H26O5. The highest BCUT2D eigenvalue weighted by Crippen LogP contribution is 2.34. The summed E-state index contributed by atoms with van der Waals surface area (Å²) < 4.78 is 22.4. The molecule has 0 saturated heterocycles. The van der Waals surface area contributed by atoms with Crippen LogP contribution in [0.3, 0.4) is 0 Å². The quantitative estimate of drug-likeness (QED) is 0.352. The fourth-order valence-electron chi connectivity index (χ4n) is 3.87. The first-order valence-corrected chi connectivity index (χ1v) is 10.4. The third-order valence-electron chi connectivity index (χ3n) is 5.71. The Morgan fingerprint density at radius 2 is 1.62 bits per heavy atom. The van der Waals surface area contributed by atoms with Crippen molar-refractivity contribution in [2.24, 2.45) is 0 Å². The number of hydrogen-bond acceptors (Lipinski definition) is 5. The van der Waals surface area contributed by atoms with E-state index in [-0.39, 0.29) is 0 Å². The lowest BCUT2D eigenvalue weighted by molar-refractivity contribution is 0.305. The van der Waals surface area contributed by atoms with Crippen molar-refractivity contribution in [3.05, 3.63) is 87.3 Å². The van der Waals surface area contributed by atoms with Crippen molar-refractivity contribution in [1.82, 2.24) is 0 Å². The van der Waals surface area contributed by atoms with Gasteiger partial charge in [-0.1, -0.05) is 29.8 Å². The zero-order valence-electron chi connectivity index (χ0n) is 18.9. The molecule has 0 amide bonds. The fraction of sp³-hybridized carbons (Fsp3) is 0.222. The molecule has 0 unspecified atom stereocenters. The fourth-order valence-corrected chi connectivity index (χ4v) is 3.87. The highest BCUT2D eigenvalue weighted by atomic mass is 16.5. The van der Waals surface area contributed by atoms with Gasteiger partial charge in [0.1, 0.15) is 17.9 Å². The molecule has 0 atom stereocenters. The van der Waals surface area contributed by atoms with E-state index in [0.717, 1.165) is 16.5 Å². The number of ether oxygens (including phenoxy) is 3. The Morgan fingerprint density at radius 1 is 0.844 bits per heavy atom. The molecule has 0 radical (unpaired) electrons. The zero-order chi connectivity index (χ0) is 22.8. The first kappa shape index (κ1) is 21.5. The summed E-state index contributed by atoms with van der Waals surface area (Å²) in [7, 11) is 3.14. The number of hydrogen-bond donors (Lipinski definition) is 0. The van der Waals surface area contributed by atoms with Crippen LogP contribution in [0.15, 0.2) is 63.8 Å². The molecule has 0 aliphatic rings. The topological polar surface area (TPSA) is 57.9 Å². The first-order valence-electron chi connectivity index (χ1n) is 10.4. The van der Waals surface area contributed by atoms with Gasteiger partial charge < -0.3 is 18.6 Å². The molecule has 0 spiro atoms. The minimum atomic E-state index is -0.408. The van der Waals surface area contributed by atoms with Gasteiger partial charge in [0.25, 0.3) is 0 Å². The van der Waals surface area contributed by atoms with Crippen LogP contribution in [-0.4, -0.2) is 14.2 Å². The largest absolute Gasteiger partial charge is 0.493 e. The van der Waals surface area contributed by atoms with Crippen molar-refractivity contribution in [3.63, 3.8) is 0 Å². The summed E-state index contributed by atoms with van der Waals surface area (Å²) in [6.07, 6.45) is 0. The molecule has 0 bridgehead atoms. The van der Waals surface area contributed by atoms with Crippen molar-refractivity contribution >= 4 is 11.0 Å². The molecular weight excluding hydrogens is 404 g/mol. The van der Waals surface area contributed by atoms with E-state index in [9.17, 15) is 4.79 Å². The van der Waals surface area contributed by atoms with Gasteiger partial charge in [0, 0.05) is 11.5 Å². The average molecular weight is 431 g/mol. The maximum atomic E-state index is 12.9. The second-order valence-corrected chi connectivity index (χ2v) is 7.84. The van der Waals surface area contributed by atoms with Gasteiger partial charge in [0.15, 0.2) is 11.5 Å². The molecule has 4 aromatic rings. The van der Waals surface area contributed by atoms with Crippen molar-refractivity contribution in [2.75, 3.05) is 14.2 Å². The van der Waals surface area contributed by atoms with Crippen LogP contribution in [0.1, 0.15) is 22.3 Å². The third kappa shape index (κ3) is 4.06. The van der Waals surface area contributed by atoms with Gasteiger partial charge in [-0.3, -0.25) is 0 Å². The Balaban J connectivity index is 1.69. The molecule has 1 aromatic heterocycles. The van der Waals surface area contributed by atoms with Crippen LogP contribution in [0.2, 0.25) is 0 Å². The number of rotatable bonds is 6. The molecule has 164 valence electrons. The van der Waals surface area contributed by atoms with Crippen molar-refractivity contribution in [2.45, 2.75) is 27.4 Å². The summed E-state index contributed by atoms with van der Waals surface area (Å²) in [5.74, 6) is 1.81. The number of benzene rings is 3. The predicted octanol–water partition coefficient (Wildman–Crippen LogP) is 5.98. The van der Waals surface area contributed by atoms with E-state index >= 15 is 0 Å². The third-order valence-corrected chi connectivity index (χ3v) is 5.71. The van der Waals surface area contributed by atoms with Crippen LogP contribution in [0.5, 0.6) is 17.2 Å². The van der Waals surface area contributed by atoms with Crippen LogP contribution >= 0.6 is 0 Å². The van der Waals surface area contributed by atoms with Gasteiger partial charge in [-0.05, 0) is 67.3 Å². The van der Waals surface area contributed by atoms with E-state index in [4.69, 9.17) is 18.6 Å². The van der Waals surface area contributed by atoms with Gasteiger partial charge >= 0.3 is 5.63 Å². The highest BCUT2D eigenvalue weighted by Gasteiger charge is 2.16. The van der Waals surface area contributed by atoms with E-state index < -0.39 is 5.63 Å². The van der Waals surface area contributed by atoms with Gasteiger partial charge in [-0.2, -0.15) is 0 Å². The minimum absolute atomic E-state index is 0.408.